The molecule has 6 heteroatoms. The van der Waals surface area contributed by atoms with E-state index in [1.54, 1.807) is 6.92 Å². The second-order valence-electron chi connectivity index (χ2n) is 8.27. The van der Waals surface area contributed by atoms with Crippen molar-refractivity contribution in [1.29, 1.82) is 0 Å². The van der Waals surface area contributed by atoms with E-state index in [1.165, 1.54) is 25.7 Å². The number of aromatic nitrogens is 1. The molecule has 1 aliphatic heterocycles. The molecule has 0 atom stereocenters. The van der Waals surface area contributed by atoms with E-state index >= 15 is 0 Å². The molecule has 1 aliphatic carbocycles. The summed E-state index contributed by atoms with van der Waals surface area (Å²) in [6.45, 7) is 3.00. The summed E-state index contributed by atoms with van der Waals surface area (Å²) in [5.41, 5.74) is 1.22. The second kappa shape index (κ2) is 8.80. The van der Waals surface area contributed by atoms with Gasteiger partial charge in [-0.1, -0.05) is 43.2 Å². The van der Waals surface area contributed by atoms with Crippen molar-refractivity contribution in [3.8, 4) is 11.3 Å². The number of oxazole rings is 1. The van der Waals surface area contributed by atoms with Crippen molar-refractivity contribution >= 4 is 11.8 Å². The number of hydrogen-bond donors (Lipinski definition) is 1. The number of aryl methyl sites for hydroxylation is 1. The third kappa shape index (κ3) is 4.69. The Balaban J connectivity index is 1.34. The Morgan fingerprint density at radius 3 is 2.48 bits per heavy atom. The van der Waals surface area contributed by atoms with Gasteiger partial charge in [-0.15, -0.1) is 0 Å². The van der Waals surface area contributed by atoms with Gasteiger partial charge in [0.1, 0.15) is 0 Å². The summed E-state index contributed by atoms with van der Waals surface area (Å²) in [5, 5.41) is 3.18. The Labute approximate surface area is 171 Å². The standard InChI is InChI=1S/C23H29N3O3/c1-16-24-21(22(29-16)18-9-3-2-4-10-18)23(28)26-13-11-19(12-14-26)25-20(27)15-17-7-5-6-8-17/h2-4,9-10,17,19H,5-8,11-15H2,1H3,(H,25,27). The first-order valence-electron chi connectivity index (χ1n) is 10.7. The van der Waals surface area contributed by atoms with E-state index < -0.39 is 0 Å². The molecule has 6 nitrogen and oxygen atoms in total. The monoisotopic (exact) mass is 395 g/mol. The van der Waals surface area contributed by atoms with Crippen LogP contribution in [0.4, 0.5) is 0 Å². The van der Waals surface area contributed by atoms with E-state index in [4.69, 9.17) is 4.42 Å². The fourth-order valence-electron chi connectivity index (χ4n) is 4.50. The highest BCUT2D eigenvalue weighted by molar-refractivity contribution is 5.97. The average molecular weight is 396 g/mol. The highest BCUT2D eigenvalue weighted by Gasteiger charge is 2.29. The van der Waals surface area contributed by atoms with Gasteiger partial charge in [0.05, 0.1) is 0 Å². The molecule has 1 saturated carbocycles. The van der Waals surface area contributed by atoms with Gasteiger partial charge in [-0.05, 0) is 31.6 Å². The van der Waals surface area contributed by atoms with E-state index in [1.807, 2.05) is 35.2 Å². The Morgan fingerprint density at radius 2 is 1.79 bits per heavy atom. The van der Waals surface area contributed by atoms with Crippen LogP contribution in [-0.2, 0) is 4.79 Å². The molecule has 0 spiro atoms. The lowest BCUT2D eigenvalue weighted by atomic mass is 10.0. The summed E-state index contributed by atoms with van der Waals surface area (Å²) in [7, 11) is 0. The molecule has 154 valence electrons. The van der Waals surface area contributed by atoms with Gasteiger partial charge in [0.2, 0.25) is 5.91 Å². The molecule has 2 amide bonds. The first kappa shape index (κ1) is 19.7. The molecular weight excluding hydrogens is 366 g/mol. The van der Waals surface area contributed by atoms with Crippen LogP contribution in [0, 0.1) is 12.8 Å². The van der Waals surface area contributed by atoms with E-state index in [0.717, 1.165) is 18.4 Å². The van der Waals surface area contributed by atoms with Crippen LogP contribution >= 0.6 is 0 Å². The lowest BCUT2D eigenvalue weighted by Gasteiger charge is -2.32. The van der Waals surface area contributed by atoms with Gasteiger partial charge in [-0.2, -0.15) is 0 Å². The topological polar surface area (TPSA) is 75.4 Å². The lowest BCUT2D eigenvalue weighted by molar-refractivity contribution is -0.122. The molecule has 2 fully saturated rings. The summed E-state index contributed by atoms with van der Waals surface area (Å²) in [6.07, 6.45) is 7.08. The van der Waals surface area contributed by atoms with Gasteiger partial charge in [-0.25, -0.2) is 4.98 Å². The van der Waals surface area contributed by atoms with E-state index in [2.05, 4.69) is 10.3 Å². The predicted octanol–water partition coefficient (Wildman–Crippen LogP) is 3.95. The number of hydrogen-bond acceptors (Lipinski definition) is 4. The normalized spacial score (nSPS) is 18.2. The Morgan fingerprint density at radius 1 is 1.10 bits per heavy atom. The summed E-state index contributed by atoms with van der Waals surface area (Å²) in [6, 6.07) is 9.76. The lowest BCUT2D eigenvalue weighted by Crippen LogP contribution is -2.46. The maximum absolute atomic E-state index is 13.1. The van der Waals surface area contributed by atoms with Crippen LogP contribution in [-0.4, -0.2) is 40.8 Å². The van der Waals surface area contributed by atoms with Crippen molar-refractivity contribution < 1.29 is 14.0 Å². The van der Waals surface area contributed by atoms with Gasteiger partial charge in [0.15, 0.2) is 17.3 Å². The summed E-state index contributed by atoms with van der Waals surface area (Å²) in [5.74, 6) is 1.64. The van der Waals surface area contributed by atoms with Crippen molar-refractivity contribution in [3.05, 3.63) is 41.9 Å². The number of benzene rings is 1. The number of nitrogens with one attached hydrogen (secondary N) is 1. The Kier molecular flexibility index (Phi) is 5.97. The fraction of sp³-hybridized carbons (Fsp3) is 0.522. The third-order valence-corrected chi connectivity index (χ3v) is 6.07. The highest BCUT2D eigenvalue weighted by atomic mass is 16.4. The number of carbonyl (C=O) groups excluding carboxylic acids is 2. The molecule has 1 aromatic carbocycles. The van der Waals surface area contributed by atoms with Crippen LogP contribution in [0.1, 0.15) is 61.3 Å². The van der Waals surface area contributed by atoms with Gasteiger partial charge in [0.25, 0.3) is 5.91 Å². The number of piperidine rings is 1. The summed E-state index contributed by atoms with van der Waals surface area (Å²) < 4.78 is 5.73. The zero-order valence-electron chi connectivity index (χ0n) is 17.0. The highest BCUT2D eigenvalue weighted by Crippen LogP contribution is 2.28. The van der Waals surface area contributed by atoms with Crippen LogP contribution in [0.15, 0.2) is 34.7 Å². The minimum Gasteiger partial charge on any atom is -0.440 e. The molecule has 1 saturated heterocycles. The van der Waals surface area contributed by atoms with Crippen molar-refractivity contribution in [1.82, 2.24) is 15.2 Å². The minimum absolute atomic E-state index is 0.101. The van der Waals surface area contributed by atoms with Crippen LogP contribution in [0.5, 0.6) is 0 Å². The number of likely N-dealkylation sites (tertiary alicyclic amines) is 1. The molecule has 1 aromatic heterocycles. The van der Waals surface area contributed by atoms with Crippen LogP contribution < -0.4 is 5.32 Å². The molecule has 0 unspecified atom stereocenters. The number of rotatable bonds is 5. The zero-order chi connectivity index (χ0) is 20.2. The molecule has 2 aromatic rings. The number of nitrogens with zero attached hydrogens (tertiary/aromatic N) is 2. The molecule has 2 aliphatic rings. The van der Waals surface area contributed by atoms with Gasteiger partial charge >= 0.3 is 0 Å². The van der Waals surface area contributed by atoms with Crippen LogP contribution in [0.25, 0.3) is 11.3 Å². The van der Waals surface area contributed by atoms with Crippen LogP contribution in [0.3, 0.4) is 0 Å². The largest absolute Gasteiger partial charge is 0.440 e. The van der Waals surface area contributed by atoms with Crippen molar-refractivity contribution in [3.63, 3.8) is 0 Å². The van der Waals surface area contributed by atoms with E-state index in [9.17, 15) is 9.59 Å². The molecular formula is C23H29N3O3. The molecule has 1 N–H and O–H groups in total. The molecule has 0 radical (unpaired) electrons. The summed E-state index contributed by atoms with van der Waals surface area (Å²) in [4.78, 5) is 31.6. The quantitative estimate of drug-likeness (QED) is 0.832. The Bertz CT molecular complexity index is 848. The smallest absolute Gasteiger partial charge is 0.276 e. The minimum atomic E-state index is -0.101. The zero-order valence-corrected chi connectivity index (χ0v) is 17.0. The maximum Gasteiger partial charge on any atom is 0.276 e. The SMILES string of the molecule is Cc1nc(C(=O)N2CCC(NC(=O)CC3CCCC3)CC2)c(-c2ccccc2)o1. The van der Waals surface area contributed by atoms with Gasteiger partial charge in [-0.3, -0.25) is 9.59 Å². The van der Waals surface area contributed by atoms with E-state index in [-0.39, 0.29) is 17.9 Å². The van der Waals surface area contributed by atoms with Crippen molar-refractivity contribution in [2.75, 3.05) is 13.1 Å². The van der Waals surface area contributed by atoms with Gasteiger partial charge < -0.3 is 14.6 Å². The third-order valence-electron chi connectivity index (χ3n) is 6.07. The first-order valence-corrected chi connectivity index (χ1v) is 10.7. The van der Waals surface area contributed by atoms with Crippen molar-refractivity contribution in [2.24, 2.45) is 5.92 Å². The average Bonchev–Trinajstić information content (AvgIpc) is 3.38. The fourth-order valence-corrected chi connectivity index (χ4v) is 4.50. The van der Waals surface area contributed by atoms with Gasteiger partial charge in [0, 0.05) is 38.0 Å². The number of amides is 2. The molecule has 4 rings (SSSR count). The Hall–Kier alpha value is -2.63. The van der Waals surface area contributed by atoms with E-state index in [0.29, 0.717) is 42.8 Å². The van der Waals surface area contributed by atoms with Crippen molar-refractivity contribution in [2.45, 2.75) is 57.9 Å². The number of carbonyl (C=O) groups is 2. The maximum atomic E-state index is 13.1. The predicted molar refractivity (Wildman–Crippen MR) is 110 cm³/mol. The summed E-state index contributed by atoms with van der Waals surface area (Å²) >= 11 is 0. The molecule has 29 heavy (non-hydrogen) atoms. The second-order valence-corrected chi connectivity index (χ2v) is 8.27. The molecule has 0 bridgehead atoms. The molecule has 2 heterocycles. The first-order chi connectivity index (χ1) is 14.1. The van der Waals surface area contributed by atoms with Crippen LogP contribution in [0.2, 0.25) is 0 Å².